The zero-order valence-electron chi connectivity index (χ0n) is 11.7. The Morgan fingerprint density at radius 1 is 1.15 bits per heavy atom. The van der Waals surface area contributed by atoms with Gasteiger partial charge in [-0.1, -0.05) is 24.3 Å². The Morgan fingerprint density at radius 3 is 2.60 bits per heavy atom. The summed E-state index contributed by atoms with van der Waals surface area (Å²) < 4.78 is 0. The third kappa shape index (κ3) is 3.65. The number of hydrogen-bond acceptors (Lipinski definition) is 3. The van der Waals surface area contributed by atoms with Crippen molar-refractivity contribution in [2.45, 2.75) is 20.0 Å². The predicted molar refractivity (Wildman–Crippen MR) is 77.5 cm³/mol. The molecule has 0 aliphatic rings. The van der Waals surface area contributed by atoms with Crippen LogP contribution in [0, 0.1) is 6.92 Å². The number of aryl methyl sites for hydroxylation is 1. The van der Waals surface area contributed by atoms with Crippen LogP contribution in [0.4, 0.5) is 0 Å². The highest BCUT2D eigenvalue weighted by Crippen LogP contribution is 2.12. The number of hydrogen-bond donors (Lipinski definition) is 1. The molecule has 1 aromatic heterocycles. The maximum absolute atomic E-state index is 11.2. The zero-order valence-corrected chi connectivity index (χ0v) is 11.7. The molecule has 0 spiro atoms. The van der Waals surface area contributed by atoms with Crippen LogP contribution >= 0.6 is 0 Å². The molecule has 1 aromatic carbocycles. The highest BCUT2D eigenvalue weighted by molar-refractivity contribution is 5.89. The molecular formula is C16H18N2O2. The number of carboxylic acids is 1. The molecule has 20 heavy (non-hydrogen) atoms. The molecule has 2 rings (SSSR count). The van der Waals surface area contributed by atoms with Crippen molar-refractivity contribution in [2.24, 2.45) is 0 Å². The van der Waals surface area contributed by atoms with Crippen LogP contribution in [0.3, 0.4) is 0 Å². The van der Waals surface area contributed by atoms with Gasteiger partial charge >= 0.3 is 5.97 Å². The summed E-state index contributed by atoms with van der Waals surface area (Å²) in [6, 6.07) is 13.0. The summed E-state index contributed by atoms with van der Waals surface area (Å²) >= 11 is 0. The zero-order chi connectivity index (χ0) is 14.5. The van der Waals surface area contributed by atoms with E-state index in [1.54, 1.807) is 12.1 Å². The first-order valence-corrected chi connectivity index (χ1v) is 6.48. The molecule has 4 nitrogen and oxygen atoms in total. The second kappa shape index (κ2) is 6.30. The smallest absolute Gasteiger partial charge is 0.336 e. The minimum Gasteiger partial charge on any atom is -0.478 e. The predicted octanol–water partition coefficient (Wildman–Crippen LogP) is 2.72. The van der Waals surface area contributed by atoms with Crippen molar-refractivity contribution in [2.75, 3.05) is 7.05 Å². The first-order valence-electron chi connectivity index (χ1n) is 6.48. The van der Waals surface area contributed by atoms with Crippen molar-refractivity contribution in [3.8, 4) is 0 Å². The SMILES string of the molecule is Cc1cccc(CN(C)Cc2ccccc2C(=O)O)n1. The van der Waals surface area contributed by atoms with E-state index >= 15 is 0 Å². The first kappa shape index (κ1) is 14.2. The molecule has 104 valence electrons. The van der Waals surface area contributed by atoms with Crippen LogP contribution < -0.4 is 0 Å². The van der Waals surface area contributed by atoms with E-state index in [0.29, 0.717) is 18.7 Å². The fourth-order valence-electron chi connectivity index (χ4n) is 2.18. The van der Waals surface area contributed by atoms with Gasteiger partial charge in [-0.3, -0.25) is 9.88 Å². The lowest BCUT2D eigenvalue weighted by molar-refractivity contribution is 0.0694. The van der Waals surface area contributed by atoms with Crippen LogP contribution in [0.2, 0.25) is 0 Å². The van der Waals surface area contributed by atoms with Gasteiger partial charge in [0.05, 0.1) is 11.3 Å². The lowest BCUT2D eigenvalue weighted by Gasteiger charge is -2.17. The lowest BCUT2D eigenvalue weighted by Crippen LogP contribution is -2.19. The topological polar surface area (TPSA) is 53.4 Å². The van der Waals surface area contributed by atoms with Crippen LogP contribution in [-0.4, -0.2) is 28.0 Å². The average Bonchev–Trinajstić information content (AvgIpc) is 2.38. The standard InChI is InChI=1S/C16H18N2O2/c1-12-6-5-8-14(17-12)11-18(2)10-13-7-3-4-9-15(13)16(19)20/h3-9H,10-11H2,1-2H3,(H,19,20). The molecule has 1 N–H and O–H groups in total. The molecule has 0 saturated carbocycles. The van der Waals surface area contributed by atoms with Gasteiger partial charge in [-0.15, -0.1) is 0 Å². The fourth-order valence-corrected chi connectivity index (χ4v) is 2.18. The molecule has 0 amide bonds. The van der Waals surface area contributed by atoms with Gasteiger partial charge in [0.1, 0.15) is 0 Å². The average molecular weight is 270 g/mol. The summed E-state index contributed by atoms with van der Waals surface area (Å²) in [5, 5.41) is 9.17. The van der Waals surface area contributed by atoms with E-state index in [9.17, 15) is 9.90 Å². The minimum absolute atomic E-state index is 0.358. The molecule has 0 fully saturated rings. The maximum atomic E-state index is 11.2. The van der Waals surface area contributed by atoms with Crippen molar-refractivity contribution in [3.63, 3.8) is 0 Å². The molecule has 0 saturated heterocycles. The van der Waals surface area contributed by atoms with Crippen molar-refractivity contribution in [1.29, 1.82) is 0 Å². The first-order chi connectivity index (χ1) is 9.56. The Balaban J connectivity index is 2.08. The number of benzene rings is 1. The quantitative estimate of drug-likeness (QED) is 0.907. The summed E-state index contributed by atoms with van der Waals surface area (Å²) in [4.78, 5) is 17.7. The maximum Gasteiger partial charge on any atom is 0.336 e. The normalized spacial score (nSPS) is 10.8. The summed E-state index contributed by atoms with van der Waals surface area (Å²) in [6.45, 7) is 3.23. The Morgan fingerprint density at radius 2 is 1.90 bits per heavy atom. The van der Waals surface area contributed by atoms with E-state index in [1.165, 1.54) is 0 Å². The number of nitrogens with zero attached hydrogens (tertiary/aromatic N) is 2. The molecule has 0 unspecified atom stereocenters. The molecule has 4 heteroatoms. The molecule has 0 bridgehead atoms. The van der Waals surface area contributed by atoms with Gasteiger partial charge in [-0.05, 0) is 37.7 Å². The van der Waals surface area contributed by atoms with Crippen LogP contribution in [0.15, 0.2) is 42.5 Å². The van der Waals surface area contributed by atoms with Crippen LogP contribution in [0.5, 0.6) is 0 Å². The van der Waals surface area contributed by atoms with Gasteiger partial charge in [-0.2, -0.15) is 0 Å². The molecule has 0 atom stereocenters. The lowest BCUT2D eigenvalue weighted by atomic mass is 10.1. The fraction of sp³-hybridized carbons (Fsp3) is 0.250. The Hall–Kier alpha value is -2.20. The highest BCUT2D eigenvalue weighted by atomic mass is 16.4. The van der Waals surface area contributed by atoms with E-state index < -0.39 is 5.97 Å². The van der Waals surface area contributed by atoms with Crippen LogP contribution in [-0.2, 0) is 13.1 Å². The van der Waals surface area contributed by atoms with E-state index in [1.807, 2.05) is 44.3 Å². The van der Waals surface area contributed by atoms with Crippen LogP contribution in [0.25, 0.3) is 0 Å². The molecule has 1 heterocycles. The number of carbonyl (C=O) groups is 1. The highest BCUT2D eigenvalue weighted by Gasteiger charge is 2.11. The van der Waals surface area contributed by atoms with Gasteiger partial charge in [0.25, 0.3) is 0 Å². The van der Waals surface area contributed by atoms with Gasteiger partial charge < -0.3 is 5.11 Å². The third-order valence-electron chi connectivity index (χ3n) is 3.07. The Kier molecular flexibility index (Phi) is 4.48. The Bertz CT molecular complexity index is 611. The van der Waals surface area contributed by atoms with E-state index in [2.05, 4.69) is 9.88 Å². The van der Waals surface area contributed by atoms with Crippen molar-refractivity contribution in [3.05, 3.63) is 65.0 Å². The molecule has 0 aliphatic heterocycles. The molecule has 0 aliphatic carbocycles. The molecular weight excluding hydrogens is 252 g/mol. The van der Waals surface area contributed by atoms with E-state index in [-0.39, 0.29) is 0 Å². The monoisotopic (exact) mass is 270 g/mol. The second-order valence-corrected chi connectivity index (χ2v) is 4.90. The minimum atomic E-state index is -0.886. The summed E-state index contributed by atoms with van der Waals surface area (Å²) in [5.41, 5.74) is 3.15. The van der Waals surface area contributed by atoms with E-state index in [0.717, 1.165) is 17.0 Å². The van der Waals surface area contributed by atoms with Crippen molar-refractivity contribution >= 4 is 5.97 Å². The largest absolute Gasteiger partial charge is 0.478 e. The van der Waals surface area contributed by atoms with Crippen LogP contribution in [0.1, 0.15) is 27.3 Å². The van der Waals surface area contributed by atoms with Gasteiger partial charge in [0.2, 0.25) is 0 Å². The number of carboxylic acid groups (broad SMARTS) is 1. The number of aromatic carboxylic acids is 1. The number of rotatable bonds is 5. The summed E-state index contributed by atoms with van der Waals surface area (Å²) in [6.07, 6.45) is 0. The molecule has 2 aromatic rings. The van der Waals surface area contributed by atoms with Crippen molar-refractivity contribution < 1.29 is 9.90 Å². The Labute approximate surface area is 118 Å². The summed E-state index contributed by atoms with van der Waals surface area (Å²) in [5.74, 6) is -0.886. The van der Waals surface area contributed by atoms with E-state index in [4.69, 9.17) is 0 Å². The summed E-state index contributed by atoms with van der Waals surface area (Å²) in [7, 11) is 1.96. The second-order valence-electron chi connectivity index (χ2n) is 4.90. The number of aromatic nitrogens is 1. The van der Waals surface area contributed by atoms with Gasteiger partial charge in [-0.25, -0.2) is 4.79 Å². The number of pyridine rings is 1. The van der Waals surface area contributed by atoms with Gasteiger partial charge in [0, 0.05) is 18.8 Å². The van der Waals surface area contributed by atoms with Gasteiger partial charge in [0.15, 0.2) is 0 Å². The van der Waals surface area contributed by atoms with Crippen molar-refractivity contribution in [1.82, 2.24) is 9.88 Å². The molecule has 0 radical (unpaired) electrons. The third-order valence-corrected chi connectivity index (χ3v) is 3.07.